The number of carbonyl (C=O) groups excluding carboxylic acids is 3. The van der Waals surface area contributed by atoms with Crippen LogP contribution in [0.1, 0.15) is 206 Å². The number of hydrogen-bond acceptors (Lipinski definition) is 8. The highest BCUT2D eigenvalue weighted by Gasteiger charge is 2.22. The predicted molar refractivity (Wildman–Crippen MR) is 333 cm³/mol. The van der Waals surface area contributed by atoms with Crippen molar-refractivity contribution in [3.8, 4) is 0 Å². The summed E-state index contributed by atoms with van der Waals surface area (Å²) in [4.78, 5) is 37.3. The van der Waals surface area contributed by atoms with Crippen LogP contribution in [0, 0.1) is 0 Å². The second kappa shape index (κ2) is 59.0. The Morgan fingerprint density at radius 2 is 0.684 bits per heavy atom. The molecule has 0 saturated heterocycles. The van der Waals surface area contributed by atoms with E-state index in [-0.39, 0.29) is 38.6 Å². The summed E-state index contributed by atoms with van der Waals surface area (Å²) in [6.07, 6.45) is 84.3. The van der Waals surface area contributed by atoms with Crippen LogP contribution in [0.15, 0.2) is 158 Å². The van der Waals surface area contributed by atoms with Crippen molar-refractivity contribution in [2.75, 3.05) is 47.5 Å². The topological polar surface area (TPSA) is 111 Å². The molecule has 79 heavy (non-hydrogen) atoms. The highest BCUT2D eigenvalue weighted by Crippen LogP contribution is 2.14. The third-order valence-electron chi connectivity index (χ3n) is 12.3. The van der Waals surface area contributed by atoms with Gasteiger partial charge >= 0.3 is 11.9 Å². The summed E-state index contributed by atoms with van der Waals surface area (Å²) in [5.74, 6) is -2.34. The number of quaternary nitrogens is 1. The third-order valence-corrected chi connectivity index (χ3v) is 12.3. The molecule has 0 heterocycles. The molecule has 0 aromatic rings. The van der Waals surface area contributed by atoms with E-state index in [2.05, 4.69) is 172 Å². The van der Waals surface area contributed by atoms with E-state index in [4.69, 9.17) is 18.9 Å². The number of rotatable bonds is 54. The lowest BCUT2D eigenvalue weighted by atomic mass is 10.1. The summed E-state index contributed by atoms with van der Waals surface area (Å²) >= 11 is 0. The predicted octanol–water partition coefficient (Wildman–Crippen LogP) is 17.2. The van der Waals surface area contributed by atoms with Crippen molar-refractivity contribution in [3.63, 3.8) is 0 Å². The van der Waals surface area contributed by atoms with Crippen LogP contribution in [-0.2, 0) is 33.3 Å². The second-order valence-corrected chi connectivity index (χ2v) is 20.9. The molecular formula is C70H111NO8. The van der Waals surface area contributed by atoms with E-state index < -0.39 is 24.3 Å². The molecular weight excluding hydrogens is 983 g/mol. The highest BCUT2D eigenvalue weighted by molar-refractivity contribution is 5.70. The lowest BCUT2D eigenvalue weighted by Gasteiger charge is -2.26. The molecule has 2 unspecified atom stereocenters. The molecule has 0 bridgehead atoms. The maximum absolute atomic E-state index is 12.9. The number of carboxylic acid groups (broad SMARTS) is 1. The molecule has 9 nitrogen and oxygen atoms in total. The van der Waals surface area contributed by atoms with Gasteiger partial charge in [-0.25, -0.2) is 0 Å². The van der Waals surface area contributed by atoms with Gasteiger partial charge in [0.05, 0.1) is 40.3 Å². The summed E-state index contributed by atoms with van der Waals surface area (Å²) in [7, 11) is 5.90. The minimum absolute atomic E-state index is 0.133. The van der Waals surface area contributed by atoms with Gasteiger partial charge < -0.3 is 33.3 Å². The Balaban J connectivity index is 4.29. The Hall–Kier alpha value is -5.09. The highest BCUT2D eigenvalue weighted by atomic mass is 16.7. The quantitative estimate of drug-likeness (QED) is 0.0195. The van der Waals surface area contributed by atoms with E-state index in [0.29, 0.717) is 23.9 Å². The molecule has 0 amide bonds. The van der Waals surface area contributed by atoms with Gasteiger partial charge in [-0.15, -0.1) is 0 Å². The SMILES string of the molecule is CC/C=C\C/C=C\C/C=C\C/C=C\C/C=C\C/C=C\C/C=C\C/C=C\C/C=C\CCCCCCCCCC(=O)OC(COC(=O)CCCCCCCC/C=C\C/C=C\C/C=C\C/C=C\CC)COC(OCC[N+](C)(C)C)C(=O)[O-]. The molecule has 0 fully saturated rings. The maximum Gasteiger partial charge on any atom is 0.306 e. The number of ether oxygens (including phenoxy) is 4. The van der Waals surface area contributed by atoms with Crippen LogP contribution >= 0.6 is 0 Å². The fourth-order valence-electron chi connectivity index (χ4n) is 7.64. The van der Waals surface area contributed by atoms with Gasteiger partial charge in [0.2, 0.25) is 0 Å². The monoisotopic (exact) mass is 1090 g/mol. The van der Waals surface area contributed by atoms with Gasteiger partial charge in [0.25, 0.3) is 0 Å². The number of hydrogen-bond donors (Lipinski definition) is 0. The van der Waals surface area contributed by atoms with E-state index in [1.54, 1.807) is 0 Å². The van der Waals surface area contributed by atoms with Crippen molar-refractivity contribution in [2.45, 2.75) is 219 Å². The molecule has 0 aliphatic carbocycles. The molecule has 0 N–H and O–H groups in total. The molecule has 2 atom stereocenters. The zero-order valence-corrected chi connectivity index (χ0v) is 50.4. The largest absolute Gasteiger partial charge is 0.545 e. The molecule has 0 aliphatic heterocycles. The summed E-state index contributed by atoms with van der Waals surface area (Å²) < 4.78 is 22.7. The van der Waals surface area contributed by atoms with Gasteiger partial charge in [-0.05, 0) is 122 Å². The number of aliphatic carboxylic acids is 1. The van der Waals surface area contributed by atoms with Gasteiger partial charge in [-0.2, -0.15) is 0 Å². The molecule has 0 aliphatic rings. The average Bonchev–Trinajstić information content (AvgIpc) is 3.42. The Kier molecular flexibility index (Phi) is 55.2. The average molecular weight is 1090 g/mol. The minimum Gasteiger partial charge on any atom is -0.545 e. The summed E-state index contributed by atoms with van der Waals surface area (Å²) in [6, 6.07) is 0. The zero-order valence-electron chi connectivity index (χ0n) is 50.4. The first-order chi connectivity index (χ1) is 38.6. The van der Waals surface area contributed by atoms with Crippen LogP contribution in [-0.4, -0.2) is 82.3 Å². The van der Waals surface area contributed by atoms with Crippen LogP contribution in [0.25, 0.3) is 0 Å². The standard InChI is InChI=1S/C70H111NO8/c1-6-8-10-12-14-16-18-20-22-24-26-27-28-29-30-31-32-33-34-35-36-37-38-39-40-41-43-45-47-49-51-53-55-57-59-61-68(73)79-66(65-78-70(69(74)75)76-63-62-71(3,4)5)64-77-67(72)60-58-56-54-52-50-48-46-44-42-25-23-21-19-17-15-13-11-9-7-2/h8-11,14-17,20-23,26-27,29-30,32-33,35-36,38-39,41-44,66,70H,6-7,12-13,18-19,24-25,28,31,34,37,40,45-65H2,1-5H3/b10-8-,11-9-,16-14-,17-15-,22-20-,23-21-,27-26-,30-29-,33-32-,36-35-,39-38-,43-41-,44-42-. The molecule has 9 heteroatoms. The van der Waals surface area contributed by atoms with Crippen LogP contribution in [0.2, 0.25) is 0 Å². The van der Waals surface area contributed by atoms with Crippen molar-refractivity contribution >= 4 is 17.9 Å². The van der Waals surface area contributed by atoms with Crippen molar-refractivity contribution < 1.29 is 42.9 Å². The van der Waals surface area contributed by atoms with Gasteiger partial charge in [-0.3, -0.25) is 9.59 Å². The van der Waals surface area contributed by atoms with Gasteiger partial charge in [-0.1, -0.05) is 230 Å². The third kappa shape index (κ3) is 60.4. The first kappa shape index (κ1) is 73.9. The number of carboxylic acids is 1. The Labute approximate surface area is 483 Å². The molecule has 0 radical (unpaired) electrons. The number of unbranched alkanes of at least 4 members (excludes halogenated alkanes) is 13. The smallest absolute Gasteiger partial charge is 0.306 e. The molecule has 0 aromatic heterocycles. The van der Waals surface area contributed by atoms with Gasteiger partial charge in [0.1, 0.15) is 13.2 Å². The summed E-state index contributed by atoms with van der Waals surface area (Å²) in [5, 5.41) is 11.8. The minimum atomic E-state index is -1.64. The van der Waals surface area contributed by atoms with E-state index in [9.17, 15) is 19.5 Å². The first-order valence-corrected chi connectivity index (χ1v) is 30.6. The fraction of sp³-hybridized carbons (Fsp3) is 0.586. The Morgan fingerprint density at radius 3 is 1.01 bits per heavy atom. The number of nitrogens with zero attached hydrogens (tertiary/aromatic N) is 1. The molecule has 0 spiro atoms. The lowest BCUT2D eigenvalue weighted by molar-refractivity contribution is -0.870. The number of allylic oxidation sites excluding steroid dienone is 26. The number of esters is 2. The van der Waals surface area contributed by atoms with E-state index in [0.717, 1.165) is 154 Å². The van der Waals surface area contributed by atoms with Crippen molar-refractivity contribution in [1.82, 2.24) is 0 Å². The van der Waals surface area contributed by atoms with E-state index in [1.807, 2.05) is 21.1 Å². The fourth-order valence-corrected chi connectivity index (χ4v) is 7.64. The van der Waals surface area contributed by atoms with Crippen molar-refractivity contribution in [2.24, 2.45) is 0 Å². The summed E-state index contributed by atoms with van der Waals surface area (Å²) in [6.45, 7) is 4.46. The van der Waals surface area contributed by atoms with Crippen LogP contribution in [0.4, 0.5) is 0 Å². The van der Waals surface area contributed by atoms with Crippen molar-refractivity contribution in [1.29, 1.82) is 0 Å². The second-order valence-electron chi connectivity index (χ2n) is 20.9. The first-order valence-electron chi connectivity index (χ1n) is 30.6. The van der Waals surface area contributed by atoms with Crippen LogP contribution in [0.3, 0.4) is 0 Å². The number of likely N-dealkylation sites (N-methyl/N-ethyl adjacent to an activating group) is 1. The zero-order chi connectivity index (χ0) is 57.6. The Bertz CT molecular complexity index is 1850. The molecule has 0 saturated carbocycles. The van der Waals surface area contributed by atoms with Gasteiger partial charge in [0.15, 0.2) is 12.4 Å². The molecule has 0 rings (SSSR count). The van der Waals surface area contributed by atoms with E-state index in [1.165, 1.54) is 12.8 Å². The maximum atomic E-state index is 12.9. The van der Waals surface area contributed by atoms with E-state index >= 15 is 0 Å². The van der Waals surface area contributed by atoms with Crippen LogP contribution < -0.4 is 5.11 Å². The van der Waals surface area contributed by atoms with Gasteiger partial charge in [0, 0.05) is 12.8 Å². The summed E-state index contributed by atoms with van der Waals surface area (Å²) in [5.41, 5.74) is 0. The van der Waals surface area contributed by atoms with Crippen molar-refractivity contribution in [3.05, 3.63) is 158 Å². The Morgan fingerprint density at radius 1 is 0.380 bits per heavy atom. The normalized spacial score (nSPS) is 13.9. The molecule has 0 aromatic carbocycles. The van der Waals surface area contributed by atoms with Crippen LogP contribution in [0.5, 0.6) is 0 Å². The number of carbonyl (C=O) groups is 3. The lowest BCUT2D eigenvalue weighted by Crippen LogP contribution is -2.44. The molecule has 444 valence electrons.